The van der Waals surface area contributed by atoms with E-state index in [2.05, 4.69) is 10.3 Å². The van der Waals surface area contributed by atoms with Gasteiger partial charge in [-0.2, -0.15) is 0 Å². The van der Waals surface area contributed by atoms with Gasteiger partial charge in [-0.05, 0) is 50.5 Å². The lowest BCUT2D eigenvalue weighted by molar-refractivity contribution is 0.0714. The number of aromatic nitrogens is 2. The lowest BCUT2D eigenvalue weighted by Crippen LogP contribution is -2.45. The van der Waals surface area contributed by atoms with E-state index in [4.69, 9.17) is 4.98 Å². The summed E-state index contributed by atoms with van der Waals surface area (Å²) in [5, 5.41) is 23.8. The van der Waals surface area contributed by atoms with E-state index < -0.39 is 6.10 Å². The molecule has 3 saturated carbocycles. The number of aliphatic hydroxyl groups excluding tert-OH is 2. The van der Waals surface area contributed by atoms with Crippen LogP contribution in [0.1, 0.15) is 56.0 Å². The van der Waals surface area contributed by atoms with Gasteiger partial charge in [0.25, 0.3) is 0 Å². The first-order chi connectivity index (χ1) is 11.2. The summed E-state index contributed by atoms with van der Waals surface area (Å²) in [5.74, 6) is 1.73. The third-order valence-corrected chi connectivity index (χ3v) is 5.94. The minimum Gasteiger partial charge on any atom is -0.396 e. The molecule has 1 aromatic heterocycles. The molecule has 3 aliphatic carbocycles. The maximum absolute atomic E-state index is 10.3. The Morgan fingerprint density at radius 1 is 1.17 bits per heavy atom. The Morgan fingerprint density at radius 2 is 2.00 bits per heavy atom. The van der Waals surface area contributed by atoms with Crippen molar-refractivity contribution in [1.29, 1.82) is 0 Å². The van der Waals surface area contributed by atoms with E-state index in [0.29, 0.717) is 12.0 Å². The van der Waals surface area contributed by atoms with Crippen LogP contribution in [0.3, 0.4) is 0 Å². The van der Waals surface area contributed by atoms with E-state index in [-0.39, 0.29) is 24.5 Å². The average molecular weight is 317 g/mol. The highest BCUT2D eigenvalue weighted by Gasteiger charge is 2.43. The molecule has 0 unspecified atom stereocenters. The fourth-order valence-electron chi connectivity index (χ4n) is 4.12. The molecule has 0 amide bonds. The molecular formula is C18H27N3O2. The van der Waals surface area contributed by atoms with Crippen LogP contribution in [0.5, 0.6) is 0 Å². The Hall–Kier alpha value is -1.04. The topological polar surface area (TPSA) is 78.3 Å². The first-order valence-corrected chi connectivity index (χ1v) is 9.11. The lowest BCUT2D eigenvalue weighted by atomic mass is 9.86. The fraction of sp³-hybridized carbons (Fsp3) is 0.778. The molecule has 3 fully saturated rings. The number of hydrogen-bond donors (Lipinski definition) is 3. The maximum Gasteiger partial charge on any atom is 0.131 e. The van der Waals surface area contributed by atoms with Gasteiger partial charge in [-0.1, -0.05) is 6.42 Å². The van der Waals surface area contributed by atoms with Crippen LogP contribution >= 0.6 is 0 Å². The zero-order chi connectivity index (χ0) is 15.8. The van der Waals surface area contributed by atoms with Crippen molar-refractivity contribution in [2.45, 2.75) is 69.1 Å². The summed E-state index contributed by atoms with van der Waals surface area (Å²) in [6, 6.07) is 2.87. The second-order valence-electron chi connectivity index (χ2n) is 7.60. The summed E-state index contributed by atoms with van der Waals surface area (Å²) in [7, 11) is 0. The van der Waals surface area contributed by atoms with Crippen molar-refractivity contribution in [2.75, 3.05) is 6.61 Å². The van der Waals surface area contributed by atoms with Crippen LogP contribution in [0, 0.1) is 11.8 Å². The SMILES string of the molecule is OC[C@@H]1[C@@H](Cc2ccnc(C3CC3)n2)[C@H](NC2CCC2)C[C@H]1O. The minimum absolute atomic E-state index is 0.0492. The Labute approximate surface area is 137 Å². The highest BCUT2D eigenvalue weighted by atomic mass is 16.3. The minimum atomic E-state index is -0.410. The fourth-order valence-corrected chi connectivity index (χ4v) is 4.12. The monoisotopic (exact) mass is 317 g/mol. The predicted octanol–water partition coefficient (Wildman–Crippen LogP) is 1.40. The summed E-state index contributed by atoms with van der Waals surface area (Å²) >= 11 is 0. The smallest absolute Gasteiger partial charge is 0.131 e. The Kier molecular flexibility index (Phi) is 4.35. The quantitative estimate of drug-likeness (QED) is 0.739. The van der Waals surface area contributed by atoms with E-state index in [9.17, 15) is 10.2 Å². The van der Waals surface area contributed by atoms with Gasteiger partial charge < -0.3 is 15.5 Å². The molecule has 0 radical (unpaired) electrons. The molecule has 1 aromatic rings. The normalized spacial score (nSPS) is 34.5. The standard InChI is InChI=1S/C18H27N3O2/c22-10-15-14(16(9-17(15)23)20-12-2-1-3-12)8-13-6-7-19-18(21-13)11-4-5-11/h6-7,11-12,14-17,20,22-23H,1-5,8-10H2/t14-,15-,16-,17-/m1/s1. The van der Waals surface area contributed by atoms with E-state index in [1.54, 1.807) is 0 Å². The summed E-state index contributed by atoms with van der Waals surface area (Å²) in [5.41, 5.74) is 1.06. The Balaban J connectivity index is 1.49. The molecule has 4 rings (SSSR count). The van der Waals surface area contributed by atoms with Crippen LogP contribution < -0.4 is 5.32 Å². The van der Waals surface area contributed by atoms with Gasteiger partial charge >= 0.3 is 0 Å². The largest absolute Gasteiger partial charge is 0.396 e. The van der Waals surface area contributed by atoms with Crippen LogP contribution in [0.25, 0.3) is 0 Å². The van der Waals surface area contributed by atoms with E-state index in [1.165, 1.54) is 32.1 Å². The molecule has 0 aliphatic heterocycles. The van der Waals surface area contributed by atoms with Crippen LogP contribution in [0.4, 0.5) is 0 Å². The first-order valence-electron chi connectivity index (χ1n) is 9.11. The number of aliphatic hydroxyl groups is 2. The number of rotatable bonds is 6. The zero-order valence-corrected chi connectivity index (χ0v) is 13.6. The third kappa shape index (κ3) is 3.28. The van der Waals surface area contributed by atoms with Crippen molar-refractivity contribution < 1.29 is 10.2 Å². The van der Waals surface area contributed by atoms with E-state index in [0.717, 1.165) is 24.4 Å². The first kappa shape index (κ1) is 15.5. The molecule has 0 aromatic carbocycles. The van der Waals surface area contributed by atoms with Crippen LogP contribution in [0.2, 0.25) is 0 Å². The summed E-state index contributed by atoms with van der Waals surface area (Å²) in [6.07, 6.45) is 9.20. The molecule has 0 saturated heterocycles. The van der Waals surface area contributed by atoms with Gasteiger partial charge in [0.1, 0.15) is 5.82 Å². The van der Waals surface area contributed by atoms with Gasteiger partial charge in [-0.25, -0.2) is 9.97 Å². The summed E-state index contributed by atoms with van der Waals surface area (Å²) < 4.78 is 0. The number of hydrogen-bond acceptors (Lipinski definition) is 5. The molecule has 5 heteroatoms. The molecule has 0 spiro atoms. The summed E-state index contributed by atoms with van der Waals surface area (Å²) in [4.78, 5) is 9.13. The summed E-state index contributed by atoms with van der Waals surface area (Å²) in [6.45, 7) is 0.0508. The lowest BCUT2D eigenvalue weighted by Gasteiger charge is -2.33. The van der Waals surface area contributed by atoms with Crippen LogP contribution in [0.15, 0.2) is 12.3 Å². The van der Waals surface area contributed by atoms with Crippen molar-refractivity contribution in [3.63, 3.8) is 0 Å². The van der Waals surface area contributed by atoms with Crippen molar-refractivity contribution in [3.8, 4) is 0 Å². The molecule has 4 atom stereocenters. The van der Waals surface area contributed by atoms with E-state index in [1.807, 2.05) is 12.3 Å². The average Bonchev–Trinajstić information content (AvgIpc) is 3.30. The molecule has 3 N–H and O–H groups in total. The number of nitrogens with zero attached hydrogens (tertiary/aromatic N) is 2. The Morgan fingerprint density at radius 3 is 2.65 bits per heavy atom. The second kappa shape index (κ2) is 6.46. The molecule has 0 bridgehead atoms. The van der Waals surface area contributed by atoms with Crippen LogP contribution in [-0.2, 0) is 6.42 Å². The van der Waals surface area contributed by atoms with E-state index >= 15 is 0 Å². The van der Waals surface area contributed by atoms with Gasteiger partial charge in [0.05, 0.1) is 6.10 Å². The molecule has 1 heterocycles. The van der Waals surface area contributed by atoms with Crippen LogP contribution in [-0.4, -0.2) is 45.0 Å². The molecule has 3 aliphatic rings. The zero-order valence-electron chi connectivity index (χ0n) is 13.6. The van der Waals surface area contributed by atoms with Gasteiger partial charge in [0.2, 0.25) is 0 Å². The van der Waals surface area contributed by atoms with Gasteiger partial charge in [-0.15, -0.1) is 0 Å². The highest BCUT2D eigenvalue weighted by molar-refractivity contribution is 5.12. The highest BCUT2D eigenvalue weighted by Crippen LogP contribution is 2.39. The van der Waals surface area contributed by atoms with Crippen molar-refractivity contribution in [1.82, 2.24) is 15.3 Å². The van der Waals surface area contributed by atoms with Crippen molar-refractivity contribution >= 4 is 0 Å². The molecule has 5 nitrogen and oxygen atoms in total. The van der Waals surface area contributed by atoms with Crippen molar-refractivity contribution in [2.24, 2.45) is 11.8 Å². The molecule has 126 valence electrons. The van der Waals surface area contributed by atoms with Gasteiger partial charge in [-0.3, -0.25) is 0 Å². The second-order valence-corrected chi connectivity index (χ2v) is 7.60. The molecular weight excluding hydrogens is 290 g/mol. The van der Waals surface area contributed by atoms with Gasteiger partial charge in [0, 0.05) is 42.4 Å². The maximum atomic E-state index is 10.3. The third-order valence-electron chi connectivity index (χ3n) is 5.94. The van der Waals surface area contributed by atoms with Crippen molar-refractivity contribution in [3.05, 3.63) is 23.8 Å². The predicted molar refractivity (Wildman–Crippen MR) is 87.0 cm³/mol. The number of nitrogens with one attached hydrogen (secondary N) is 1. The molecule has 23 heavy (non-hydrogen) atoms. The van der Waals surface area contributed by atoms with Gasteiger partial charge in [0.15, 0.2) is 0 Å². The Bertz CT molecular complexity index is 545.